The van der Waals surface area contributed by atoms with Gasteiger partial charge in [-0.05, 0) is 75.6 Å². The van der Waals surface area contributed by atoms with E-state index < -0.39 is 0 Å². The summed E-state index contributed by atoms with van der Waals surface area (Å²) in [5, 5.41) is 10.9. The van der Waals surface area contributed by atoms with E-state index in [0.717, 1.165) is 25.7 Å². The largest absolute Gasteiger partial charge is 1.00 e. The van der Waals surface area contributed by atoms with Crippen molar-refractivity contribution in [1.29, 1.82) is 0 Å². The summed E-state index contributed by atoms with van der Waals surface area (Å²) in [5.41, 5.74) is 21.9. The molecule has 0 heterocycles. The van der Waals surface area contributed by atoms with E-state index in [9.17, 15) is 0 Å². The van der Waals surface area contributed by atoms with Gasteiger partial charge in [0.1, 0.15) is 0 Å². The van der Waals surface area contributed by atoms with Gasteiger partial charge in [-0.2, -0.15) is 24.3 Å². The first-order valence-electron chi connectivity index (χ1n) is 28.6. The zero-order valence-corrected chi connectivity index (χ0v) is 58.8. The number of fused-ring (bicyclic) bond motifs is 4. The van der Waals surface area contributed by atoms with E-state index in [0.29, 0.717) is 0 Å². The van der Waals surface area contributed by atoms with Gasteiger partial charge in [0, 0.05) is 0 Å². The third-order valence-electron chi connectivity index (χ3n) is 14.3. The third kappa shape index (κ3) is 19.0. The molecule has 0 unspecified atom stereocenters. The van der Waals surface area contributed by atoms with E-state index in [4.69, 9.17) is 0 Å². The summed E-state index contributed by atoms with van der Waals surface area (Å²) >= 11 is 3.48. The van der Waals surface area contributed by atoms with Crippen molar-refractivity contribution < 1.29 is 71.5 Å². The number of hydrogen-bond acceptors (Lipinski definition) is 0. The molecule has 0 saturated carbocycles. The smallest absolute Gasteiger partial charge is 1.00 e. The summed E-state index contributed by atoms with van der Waals surface area (Å²) in [7, 11) is 0. The van der Waals surface area contributed by atoms with Gasteiger partial charge in [-0.1, -0.05) is 194 Å². The summed E-state index contributed by atoms with van der Waals surface area (Å²) in [6, 6.07) is 79.9. The predicted molar refractivity (Wildman–Crippen MR) is 351 cm³/mol. The molecule has 0 bridgehead atoms. The predicted octanol–water partition coefficient (Wildman–Crippen LogP) is 16.0. The van der Waals surface area contributed by atoms with Crippen molar-refractivity contribution in [2.24, 2.45) is 0 Å². The van der Waals surface area contributed by atoms with Crippen LogP contribution in [0.1, 0.15) is 72.2 Å². The maximum absolute atomic E-state index is 2.32. The Balaban J connectivity index is 0.000000190. The zero-order chi connectivity index (χ0) is 57.3. The fraction of sp³-hybridized carbons (Fsp3) is 0.211. The molecule has 0 aliphatic rings. The van der Waals surface area contributed by atoms with E-state index in [2.05, 4.69) is 300 Å². The summed E-state index contributed by atoms with van der Waals surface area (Å²) in [6.45, 7) is 26.6. The van der Waals surface area contributed by atoms with E-state index in [1.54, 1.807) is 46.7 Å². The van der Waals surface area contributed by atoms with Crippen LogP contribution in [0.2, 0.25) is 26.2 Å². The Morgan fingerprint density at radius 3 is 0.622 bits per heavy atom. The molecular formula is C76H80Cl2Si2Zr2-2. The minimum atomic E-state index is 0. The molecule has 0 atom stereocenters. The molecule has 6 heteroatoms. The van der Waals surface area contributed by atoms with Gasteiger partial charge in [-0.3, -0.25) is 0 Å². The molecule has 0 aromatic heterocycles. The quantitative estimate of drug-likeness (QED) is 0.105. The first-order valence-corrected chi connectivity index (χ1v) is 41.0. The second-order valence-corrected chi connectivity index (χ2v) is 40.3. The van der Waals surface area contributed by atoms with Crippen LogP contribution in [-0.2, 0) is 72.4 Å². The van der Waals surface area contributed by atoms with E-state index in [-0.39, 0.29) is 35.7 Å². The maximum atomic E-state index is 2.32. The zero-order valence-electron chi connectivity index (χ0n) is 50.4. The molecule has 0 N–H and O–H groups in total. The van der Waals surface area contributed by atoms with Crippen LogP contribution in [0.25, 0.3) is 87.6 Å². The van der Waals surface area contributed by atoms with Gasteiger partial charge in [-0.25, -0.2) is 0 Å². The van der Waals surface area contributed by atoms with Crippen LogP contribution in [0.15, 0.2) is 218 Å². The summed E-state index contributed by atoms with van der Waals surface area (Å²) in [5.74, 6) is 0. The molecule has 0 aliphatic carbocycles. The van der Waals surface area contributed by atoms with Crippen LogP contribution in [0.3, 0.4) is 0 Å². The van der Waals surface area contributed by atoms with E-state index in [1.807, 2.05) is 0 Å². The Morgan fingerprint density at radius 2 is 0.463 bits per heavy atom. The van der Waals surface area contributed by atoms with Crippen LogP contribution < -0.4 is 24.8 Å². The molecule has 0 nitrogen and oxygen atoms in total. The standard InChI is InChI=1S/4C18H17.2C2H6Si.2ClH.2Zr/c4*1-3-14-11-16-5-4-6-17(18(16)12-14)15-9-7-13(2)8-10-15;2*1-3-2;;;;/h4*4-12H,3H2,1-2H3;2*1-2H3;2*1H;;/q4*-1;;;;;2*+2/p-2. The Kier molecular flexibility index (Phi) is 27.7. The van der Waals surface area contributed by atoms with Crippen molar-refractivity contribution in [3.8, 4) is 44.5 Å². The maximum Gasteiger partial charge on any atom is -1.00 e. The Bertz CT molecular complexity index is 3410. The van der Waals surface area contributed by atoms with Gasteiger partial charge >= 0.3 is 83.7 Å². The molecular weight excluding hydrogens is 1220 g/mol. The third-order valence-corrected chi connectivity index (χ3v) is 14.3. The molecule has 0 aliphatic heterocycles. The normalized spacial score (nSPS) is 10.3. The molecule has 0 amide bonds. The number of rotatable bonds is 8. The van der Waals surface area contributed by atoms with E-state index in [1.165, 1.54) is 132 Å². The minimum absolute atomic E-state index is 0. The Hall–Kier alpha value is -5.02. The van der Waals surface area contributed by atoms with Crippen molar-refractivity contribution in [1.82, 2.24) is 0 Å². The average Bonchev–Trinajstić information content (AvgIpc) is 4.33. The van der Waals surface area contributed by atoms with Gasteiger partial charge in [-0.15, -0.1) is 138 Å². The van der Waals surface area contributed by atoms with Gasteiger partial charge in [0.15, 0.2) is 0 Å². The number of hydrogen-bond donors (Lipinski definition) is 0. The number of halogens is 2. The number of benzene rings is 8. The summed E-state index contributed by atoms with van der Waals surface area (Å²) < 4.78 is 0. The minimum Gasteiger partial charge on any atom is -1.00 e. The van der Waals surface area contributed by atoms with Gasteiger partial charge in [0.25, 0.3) is 0 Å². The van der Waals surface area contributed by atoms with Gasteiger partial charge in [0.2, 0.25) is 0 Å². The van der Waals surface area contributed by atoms with Crippen LogP contribution in [-0.4, -0.2) is 10.9 Å². The van der Waals surface area contributed by atoms with Crippen LogP contribution >= 0.6 is 0 Å². The van der Waals surface area contributed by atoms with Crippen molar-refractivity contribution >= 4 is 54.0 Å². The number of aryl methyl sites for hydroxylation is 8. The SMILES string of the molecule is CCc1cc2c(-c3ccc(C)cc3)cccc2[cH-]1.CCc1cc2c(-c3ccc(C)cc3)cccc2[cH-]1.CCc1cc2c(-c3ccc(C)cc3)cccc2[cH-]1.CCc1cc2c(-c3ccc(C)cc3)cccc2[cH-]1.C[Si](C)=[Zr+2].C[Si](C)=[Zr+2].[Cl-].[Cl-]. The van der Waals surface area contributed by atoms with Crippen molar-refractivity contribution in [3.63, 3.8) is 0 Å². The molecule has 12 rings (SSSR count). The van der Waals surface area contributed by atoms with Crippen molar-refractivity contribution in [2.45, 2.75) is 107 Å². The van der Waals surface area contributed by atoms with Gasteiger partial charge in [0.05, 0.1) is 0 Å². The molecule has 12 aromatic rings. The van der Waals surface area contributed by atoms with Gasteiger partial charge < -0.3 is 24.8 Å². The fourth-order valence-electron chi connectivity index (χ4n) is 9.94. The monoisotopic (exact) mass is 1300 g/mol. The molecule has 416 valence electrons. The topological polar surface area (TPSA) is 0 Å². The van der Waals surface area contributed by atoms with Crippen LogP contribution in [0.5, 0.6) is 0 Å². The molecule has 0 fully saturated rings. The second kappa shape index (κ2) is 33.5. The first kappa shape index (κ1) is 67.8. The van der Waals surface area contributed by atoms with Crippen molar-refractivity contribution in [2.75, 3.05) is 0 Å². The van der Waals surface area contributed by atoms with Crippen LogP contribution in [0.4, 0.5) is 0 Å². The van der Waals surface area contributed by atoms with Crippen molar-refractivity contribution in [3.05, 3.63) is 263 Å². The molecule has 0 saturated heterocycles. The molecule has 12 aromatic carbocycles. The average molecular weight is 1300 g/mol. The fourth-order valence-corrected chi connectivity index (χ4v) is 9.94. The Labute approximate surface area is 534 Å². The van der Waals surface area contributed by atoms with E-state index >= 15 is 0 Å². The molecule has 82 heavy (non-hydrogen) atoms. The van der Waals surface area contributed by atoms with Crippen LogP contribution in [0, 0.1) is 27.7 Å². The molecule has 0 spiro atoms. The summed E-state index contributed by atoms with van der Waals surface area (Å²) in [4.78, 5) is 0. The summed E-state index contributed by atoms with van der Waals surface area (Å²) in [6.07, 6.45) is 4.40. The molecule has 0 radical (unpaired) electrons. The first-order chi connectivity index (χ1) is 38.6. The Morgan fingerprint density at radius 1 is 0.293 bits per heavy atom. The second-order valence-electron chi connectivity index (χ2n) is 21.6.